The average Bonchev–Trinajstić information content (AvgIpc) is 2.70. The first-order chi connectivity index (χ1) is 13.8. The summed E-state index contributed by atoms with van der Waals surface area (Å²) in [6.45, 7) is 6.48. The zero-order valence-corrected chi connectivity index (χ0v) is 17.7. The molecular formula is C24H25NO3S. The third kappa shape index (κ3) is 5.38. The van der Waals surface area contributed by atoms with Gasteiger partial charge in [0.15, 0.2) is 0 Å². The zero-order chi connectivity index (χ0) is 20.9. The topological polar surface area (TPSA) is 55.4 Å². The molecule has 0 aliphatic carbocycles. The van der Waals surface area contributed by atoms with Crippen molar-refractivity contribution in [2.75, 3.05) is 13.2 Å². The molecule has 0 amide bonds. The van der Waals surface area contributed by atoms with E-state index < -0.39 is 10.0 Å². The molecule has 0 spiro atoms. The van der Waals surface area contributed by atoms with Gasteiger partial charge in [0.2, 0.25) is 10.0 Å². The third-order valence-corrected chi connectivity index (χ3v) is 5.97. The Hall–Kier alpha value is -2.81. The van der Waals surface area contributed by atoms with E-state index in [0.29, 0.717) is 0 Å². The first-order valence-electron chi connectivity index (χ1n) is 9.44. The molecule has 0 atom stereocenters. The van der Waals surface area contributed by atoms with Crippen LogP contribution in [-0.2, 0) is 15.4 Å². The van der Waals surface area contributed by atoms with E-state index in [1.54, 1.807) is 12.1 Å². The Bertz CT molecular complexity index is 1140. The number of ether oxygens (including phenoxy) is 1. The first-order valence-corrected chi connectivity index (χ1v) is 10.9. The molecule has 0 unspecified atom stereocenters. The van der Waals surface area contributed by atoms with Crippen molar-refractivity contribution in [1.82, 2.24) is 4.72 Å². The largest absolute Gasteiger partial charge is 0.480 e. The molecule has 1 N–H and O–H groups in total. The second kappa shape index (κ2) is 8.69. The zero-order valence-electron chi connectivity index (χ0n) is 16.9. The van der Waals surface area contributed by atoms with E-state index in [1.165, 1.54) is 0 Å². The molecule has 3 aromatic carbocycles. The van der Waals surface area contributed by atoms with Crippen LogP contribution in [-0.4, -0.2) is 21.6 Å². The Balaban J connectivity index is 1.55. The number of hydrogen-bond donors (Lipinski definition) is 1. The fraction of sp³-hybridized carbons (Fsp3) is 0.250. The summed E-state index contributed by atoms with van der Waals surface area (Å²) in [4.78, 5) is 0.235. The number of rotatable bonds is 5. The van der Waals surface area contributed by atoms with Gasteiger partial charge in [-0.3, -0.25) is 0 Å². The Kier molecular flexibility index (Phi) is 6.26. The summed E-state index contributed by atoms with van der Waals surface area (Å²) in [6.07, 6.45) is 0. The van der Waals surface area contributed by atoms with Gasteiger partial charge < -0.3 is 4.74 Å². The Morgan fingerprint density at radius 2 is 1.59 bits per heavy atom. The van der Waals surface area contributed by atoms with Gasteiger partial charge in [0, 0.05) is 5.39 Å². The molecule has 29 heavy (non-hydrogen) atoms. The van der Waals surface area contributed by atoms with Crippen molar-refractivity contribution in [2.24, 2.45) is 0 Å². The number of benzene rings is 3. The summed E-state index contributed by atoms with van der Waals surface area (Å²) in [7, 11) is -3.58. The molecule has 5 heteroatoms. The van der Waals surface area contributed by atoms with Gasteiger partial charge >= 0.3 is 0 Å². The maximum atomic E-state index is 12.4. The Morgan fingerprint density at radius 1 is 0.897 bits per heavy atom. The molecule has 150 valence electrons. The second-order valence-electron chi connectivity index (χ2n) is 7.72. The van der Waals surface area contributed by atoms with Crippen molar-refractivity contribution >= 4 is 20.8 Å². The molecule has 0 saturated carbocycles. The lowest BCUT2D eigenvalue weighted by atomic mass is 9.87. The molecule has 0 radical (unpaired) electrons. The predicted molar refractivity (Wildman–Crippen MR) is 118 cm³/mol. The molecule has 3 rings (SSSR count). The number of fused-ring (bicyclic) bond motifs is 1. The fourth-order valence-corrected chi connectivity index (χ4v) is 3.82. The van der Waals surface area contributed by atoms with E-state index in [9.17, 15) is 8.42 Å². The molecule has 0 bridgehead atoms. The van der Waals surface area contributed by atoms with Crippen LogP contribution in [0.1, 0.15) is 26.3 Å². The van der Waals surface area contributed by atoms with Gasteiger partial charge in [-0.2, -0.15) is 4.72 Å². The first kappa shape index (κ1) is 20.9. The van der Waals surface area contributed by atoms with Crippen molar-refractivity contribution in [2.45, 2.75) is 31.1 Å². The van der Waals surface area contributed by atoms with Crippen LogP contribution >= 0.6 is 0 Å². The Labute approximate surface area is 173 Å². The molecule has 0 fully saturated rings. The summed E-state index contributed by atoms with van der Waals surface area (Å²) >= 11 is 0. The minimum Gasteiger partial charge on any atom is -0.480 e. The highest BCUT2D eigenvalue weighted by molar-refractivity contribution is 7.89. The molecule has 0 aliphatic heterocycles. The molecule has 0 aromatic heterocycles. The maximum Gasteiger partial charge on any atom is 0.241 e. The Morgan fingerprint density at radius 3 is 2.31 bits per heavy atom. The molecular weight excluding hydrogens is 382 g/mol. The van der Waals surface area contributed by atoms with E-state index in [-0.39, 0.29) is 23.5 Å². The predicted octanol–water partition coefficient (Wildman–Crippen LogP) is 4.50. The molecule has 0 aliphatic rings. The van der Waals surface area contributed by atoms with Crippen LogP contribution in [0.25, 0.3) is 10.8 Å². The fourth-order valence-electron chi connectivity index (χ4n) is 2.90. The lowest BCUT2D eigenvalue weighted by Gasteiger charge is -2.19. The van der Waals surface area contributed by atoms with Crippen LogP contribution < -0.4 is 9.46 Å². The van der Waals surface area contributed by atoms with Gasteiger partial charge in [0.25, 0.3) is 0 Å². The van der Waals surface area contributed by atoms with Gasteiger partial charge in [-0.1, -0.05) is 81.1 Å². The number of hydrogen-bond acceptors (Lipinski definition) is 3. The monoisotopic (exact) mass is 407 g/mol. The smallest absolute Gasteiger partial charge is 0.241 e. The van der Waals surface area contributed by atoms with Crippen LogP contribution in [0.15, 0.2) is 71.6 Å². The molecule has 0 saturated heterocycles. The molecule has 3 aromatic rings. The highest BCUT2D eigenvalue weighted by Crippen LogP contribution is 2.25. The van der Waals surface area contributed by atoms with Gasteiger partial charge in [-0.25, -0.2) is 8.42 Å². The quantitative estimate of drug-likeness (QED) is 0.634. The third-order valence-electron chi connectivity index (χ3n) is 4.56. The minimum absolute atomic E-state index is 0.0225. The van der Waals surface area contributed by atoms with E-state index >= 15 is 0 Å². The van der Waals surface area contributed by atoms with Gasteiger partial charge in [0.05, 0.1) is 11.4 Å². The summed E-state index contributed by atoms with van der Waals surface area (Å²) in [6, 6.07) is 20.8. The normalized spacial score (nSPS) is 11.7. The summed E-state index contributed by atoms with van der Waals surface area (Å²) in [5, 5.41) is 2.12. The van der Waals surface area contributed by atoms with Crippen molar-refractivity contribution in [3.05, 3.63) is 72.3 Å². The van der Waals surface area contributed by atoms with Crippen molar-refractivity contribution in [3.63, 3.8) is 0 Å². The number of nitrogens with one attached hydrogen (secondary N) is 1. The summed E-state index contributed by atoms with van der Waals surface area (Å²) in [5.74, 6) is 6.41. The molecule has 4 nitrogen and oxygen atoms in total. The van der Waals surface area contributed by atoms with Crippen molar-refractivity contribution < 1.29 is 13.2 Å². The van der Waals surface area contributed by atoms with Gasteiger partial charge in [0.1, 0.15) is 12.4 Å². The average molecular weight is 408 g/mol. The van der Waals surface area contributed by atoms with E-state index in [1.807, 2.05) is 54.6 Å². The highest BCUT2D eigenvalue weighted by atomic mass is 32.2. The van der Waals surface area contributed by atoms with Gasteiger partial charge in [-0.05, 0) is 34.6 Å². The second-order valence-corrected chi connectivity index (χ2v) is 9.49. The van der Waals surface area contributed by atoms with Crippen molar-refractivity contribution in [1.29, 1.82) is 0 Å². The van der Waals surface area contributed by atoms with Crippen molar-refractivity contribution in [3.8, 4) is 17.6 Å². The van der Waals surface area contributed by atoms with Crippen LogP contribution in [0.5, 0.6) is 5.75 Å². The standard InChI is InChI=1S/C24H25NO3S/c1-24(2,3)20-13-15-21(16-14-20)29(26,27)25-17-6-7-18-28-23-12-8-10-19-9-4-5-11-22(19)23/h4-5,8-16,25H,17-18H2,1-3H3. The SMILES string of the molecule is CC(C)(C)c1ccc(S(=O)(=O)NCC#CCOc2cccc3ccccc23)cc1. The van der Waals surface area contributed by atoms with Crippen LogP contribution in [0.4, 0.5) is 0 Å². The molecule has 0 heterocycles. The summed E-state index contributed by atoms with van der Waals surface area (Å²) in [5.41, 5.74) is 1.06. The highest BCUT2D eigenvalue weighted by Gasteiger charge is 2.16. The van der Waals surface area contributed by atoms with E-state index in [2.05, 4.69) is 37.3 Å². The number of sulfonamides is 1. The lowest BCUT2D eigenvalue weighted by molar-refractivity contribution is 0.374. The van der Waals surface area contributed by atoms with Gasteiger partial charge in [-0.15, -0.1) is 0 Å². The minimum atomic E-state index is -3.58. The summed E-state index contributed by atoms with van der Waals surface area (Å²) < 4.78 is 33.0. The lowest BCUT2D eigenvalue weighted by Crippen LogP contribution is -2.24. The van der Waals surface area contributed by atoms with Crippen LogP contribution in [0.3, 0.4) is 0 Å². The maximum absolute atomic E-state index is 12.4. The van der Waals surface area contributed by atoms with E-state index in [4.69, 9.17) is 4.74 Å². The van der Waals surface area contributed by atoms with Crippen LogP contribution in [0.2, 0.25) is 0 Å². The van der Waals surface area contributed by atoms with Crippen LogP contribution in [0, 0.1) is 11.8 Å². The van der Waals surface area contributed by atoms with E-state index in [0.717, 1.165) is 22.1 Å².